The quantitative estimate of drug-likeness (QED) is 0.450. The molecule has 1 aliphatic rings. The van der Waals surface area contributed by atoms with Crippen molar-refractivity contribution in [2.75, 3.05) is 4.72 Å². The van der Waals surface area contributed by atoms with Gasteiger partial charge >= 0.3 is 0 Å². The van der Waals surface area contributed by atoms with Gasteiger partial charge in [0, 0.05) is 11.0 Å². The van der Waals surface area contributed by atoms with Gasteiger partial charge in [-0.25, -0.2) is 4.98 Å². The molecule has 0 saturated heterocycles. The Labute approximate surface area is 176 Å². The van der Waals surface area contributed by atoms with E-state index < -0.39 is 0 Å². The molecule has 5 heteroatoms. The zero-order valence-corrected chi connectivity index (χ0v) is 17.6. The first kappa shape index (κ1) is 19.5. The van der Waals surface area contributed by atoms with E-state index in [0.717, 1.165) is 35.6 Å². The van der Waals surface area contributed by atoms with Crippen molar-refractivity contribution in [1.82, 2.24) is 9.97 Å². The second-order valence-electron chi connectivity index (χ2n) is 7.95. The van der Waals surface area contributed by atoms with Crippen LogP contribution in [0.4, 0.5) is 5.95 Å². The minimum Gasteiger partial charge on any atom is -0.439 e. The lowest BCUT2D eigenvalue weighted by Crippen LogP contribution is -2.14. The molecule has 0 spiro atoms. The van der Waals surface area contributed by atoms with Crippen LogP contribution < -0.4 is 9.46 Å². The number of ether oxygens (including phenoxy) is 1. The molecule has 1 heterocycles. The van der Waals surface area contributed by atoms with Crippen molar-refractivity contribution in [1.29, 1.82) is 0 Å². The van der Waals surface area contributed by atoms with Gasteiger partial charge < -0.3 is 4.74 Å². The number of anilines is 1. The summed E-state index contributed by atoms with van der Waals surface area (Å²) in [5, 5.41) is 0. The lowest BCUT2D eigenvalue weighted by Gasteiger charge is -2.28. The maximum atomic E-state index is 6.02. The van der Waals surface area contributed by atoms with Gasteiger partial charge in [-0.2, -0.15) is 4.98 Å². The van der Waals surface area contributed by atoms with Crippen molar-refractivity contribution in [3.63, 3.8) is 0 Å². The van der Waals surface area contributed by atoms with Gasteiger partial charge in [-0.15, -0.1) is 0 Å². The second kappa shape index (κ2) is 8.70. The molecule has 1 aromatic heterocycles. The summed E-state index contributed by atoms with van der Waals surface area (Å²) in [4.78, 5) is 10.4. The summed E-state index contributed by atoms with van der Waals surface area (Å²) >= 11 is 1.49. The van der Waals surface area contributed by atoms with Crippen molar-refractivity contribution in [2.24, 2.45) is 5.41 Å². The first-order chi connectivity index (χ1) is 14.1. The average molecular weight is 404 g/mol. The number of allylic oxidation sites excluding steroid dienone is 2. The Morgan fingerprint density at radius 2 is 1.69 bits per heavy atom. The molecule has 1 aliphatic carbocycles. The Bertz CT molecular complexity index is 988. The van der Waals surface area contributed by atoms with Crippen molar-refractivity contribution in [2.45, 2.75) is 38.0 Å². The van der Waals surface area contributed by atoms with E-state index in [9.17, 15) is 0 Å². The fourth-order valence-electron chi connectivity index (χ4n) is 3.20. The molecule has 0 fully saturated rings. The lowest BCUT2D eigenvalue weighted by atomic mass is 9.78. The Morgan fingerprint density at radius 1 is 0.966 bits per heavy atom. The molecule has 0 bridgehead atoms. The molecule has 0 amide bonds. The Hall–Kier alpha value is -2.79. The van der Waals surface area contributed by atoms with Crippen molar-refractivity contribution < 1.29 is 4.74 Å². The molecule has 0 unspecified atom stereocenters. The third-order valence-electron chi connectivity index (χ3n) is 4.97. The smallest absolute Gasteiger partial charge is 0.237 e. The van der Waals surface area contributed by atoms with Crippen LogP contribution in [0.1, 0.15) is 38.8 Å². The molecule has 4 nitrogen and oxygen atoms in total. The highest BCUT2D eigenvalue weighted by atomic mass is 32.2. The monoisotopic (exact) mass is 403 g/mol. The Morgan fingerprint density at radius 3 is 2.38 bits per heavy atom. The average Bonchev–Trinajstić information content (AvgIpc) is 2.73. The maximum Gasteiger partial charge on any atom is 0.237 e. The minimum absolute atomic E-state index is 0.351. The zero-order chi connectivity index (χ0) is 20.1. The highest BCUT2D eigenvalue weighted by Gasteiger charge is 2.23. The molecule has 4 rings (SSSR count). The summed E-state index contributed by atoms with van der Waals surface area (Å²) < 4.78 is 9.29. The summed E-state index contributed by atoms with van der Waals surface area (Å²) in [6.07, 6.45) is 5.54. The number of aromatic nitrogens is 2. The number of rotatable bonds is 6. The number of para-hydroxylation sites is 1. The van der Waals surface area contributed by atoms with Gasteiger partial charge in [0.15, 0.2) is 0 Å². The van der Waals surface area contributed by atoms with E-state index in [4.69, 9.17) is 9.72 Å². The number of hydrogen-bond acceptors (Lipinski definition) is 5. The summed E-state index contributed by atoms with van der Waals surface area (Å²) in [6.45, 7) is 4.63. The first-order valence-corrected chi connectivity index (χ1v) is 10.7. The van der Waals surface area contributed by atoms with Crippen LogP contribution in [0.15, 0.2) is 77.7 Å². The van der Waals surface area contributed by atoms with E-state index >= 15 is 0 Å². The predicted molar refractivity (Wildman–Crippen MR) is 120 cm³/mol. The Kier molecular flexibility index (Phi) is 5.86. The van der Waals surface area contributed by atoms with Crippen LogP contribution in [0.3, 0.4) is 0 Å². The van der Waals surface area contributed by atoms with Gasteiger partial charge in [0.1, 0.15) is 5.75 Å². The molecule has 0 saturated carbocycles. The molecule has 1 N–H and O–H groups in total. The summed E-state index contributed by atoms with van der Waals surface area (Å²) in [5.41, 5.74) is 2.54. The summed E-state index contributed by atoms with van der Waals surface area (Å²) in [6, 6.07) is 21.8. The maximum absolute atomic E-state index is 6.02. The molecular formula is C24H25N3OS. The van der Waals surface area contributed by atoms with Crippen molar-refractivity contribution in [3.8, 4) is 11.6 Å². The topological polar surface area (TPSA) is 47.0 Å². The van der Waals surface area contributed by atoms with E-state index in [-0.39, 0.29) is 0 Å². The molecule has 148 valence electrons. The predicted octanol–water partition coefficient (Wildman–Crippen LogP) is 6.98. The van der Waals surface area contributed by atoms with Crippen LogP contribution in [-0.4, -0.2) is 9.97 Å². The number of nitrogens with one attached hydrogen (secondary N) is 1. The van der Waals surface area contributed by atoms with E-state index in [0.29, 0.717) is 17.2 Å². The standard InChI is InChI=1S/C24H25N3OS/c1-24(2)15-13-18(14-16-24)21-17-22(28-19-9-5-3-6-10-19)26-23(25-21)27-29-20-11-7-4-8-12-20/h3-13,17H,14-16H2,1-2H3,(H,25,26,27). The minimum atomic E-state index is 0.351. The van der Waals surface area contributed by atoms with Crippen LogP contribution in [0.25, 0.3) is 5.57 Å². The van der Waals surface area contributed by atoms with Crippen molar-refractivity contribution in [3.05, 3.63) is 78.5 Å². The molecule has 0 radical (unpaired) electrons. The fourth-order valence-corrected chi connectivity index (χ4v) is 3.79. The highest BCUT2D eigenvalue weighted by molar-refractivity contribution is 8.00. The second-order valence-corrected chi connectivity index (χ2v) is 8.82. The summed E-state index contributed by atoms with van der Waals surface area (Å²) in [7, 11) is 0. The highest BCUT2D eigenvalue weighted by Crippen LogP contribution is 2.38. The van der Waals surface area contributed by atoms with Gasteiger partial charge in [0.05, 0.1) is 5.69 Å². The number of benzene rings is 2. The van der Waals surface area contributed by atoms with Gasteiger partial charge in [-0.1, -0.05) is 56.3 Å². The molecule has 29 heavy (non-hydrogen) atoms. The molecule has 3 aromatic rings. The van der Waals surface area contributed by atoms with E-state index in [1.165, 1.54) is 17.5 Å². The van der Waals surface area contributed by atoms with Crippen LogP contribution >= 0.6 is 11.9 Å². The van der Waals surface area contributed by atoms with Crippen LogP contribution in [0.2, 0.25) is 0 Å². The van der Waals surface area contributed by atoms with Gasteiger partial charge in [-0.3, -0.25) is 4.72 Å². The fraction of sp³-hybridized carbons (Fsp3) is 0.250. The van der Waals surface area contributed by atoms with Gasteiger partial charge in [0.25, 0.3) is 0 Å². The summed E-state index contributed by atoms with van der Waals surface area (Å²) in [5.74, 6) is 1.86. The molecular weight excluding hydrogens is 378 g/mol. The lowest BCUT2D eigenvalue weighted by molar-refractivity contribution is 0.334. The van der Waals surface area contributed by atoms with Crippen LogP contribution in [-0.2, 0) is 0 Å². The molecule has 0 atom stereocenters. The third kappa shape index (κ3) is 5.39. The molecule has 0 aliphatic heterocycles. The first-order valence-electron chi connectivity index (χ1n) is 9.87. The number of hydrogen-bond donors (Lipinski definition) is 1. The Balaban J connectivity index is 1.61. The van der Waals surface area contributed by atoms with Gasteiger partial charge in [0.2, 0.25) is 11.8 Å². The number of nitrogens with zero attached hydrogens (tertiary/aromatic N) is 2. The van der Waals surface area contributed by atoms with E-state index in [2.05, 4.69) is 41.8 Å². The van der Waals surface area contributed by atoms with E-state index in [1.807, 2.05) is 54.6 Å². The van der Waals surface area contributed by atoms with Gasteiger partial charge in [-0.05, 0) is 66.5 Å². The van der Waals surface area contributed by atoms with E-state index in [1.54, 1.807) is 0 Å². The SMILES string of the molecule is CC1(C)CC=C(c2cc(Oc3ccccc3)nc(NSc3ccccc3)n2)CC1. The normalized spacial score (nSPS) is 15.4. The van der Waals surface area contributed by atoms with Crippen molar-refractivity contribution >= 4 is 23.5 Å². The van der Waals surface area contributed by atoms with Crippen LogP contribution in [0, 0.1) is 5.41 Å². The third-order valence-corrected chi connectivity index (χ3v) is 5.77. The molecule has 2 aromatic carbocycles. The largest absolute Gasteiger partial charge is 0.439 e. The van der Waals surface area contributed by atoms with Crippen LogP contribution in [0.5, 0.6) is 11.6 Å². The zero-order valence-electron chi connectivity index (χ0n) is 16.8.